The molecular weight excluding hydrogens is 380 g/mol. The first-order chi connectivity index (χ1) is 13.4. The Labute approximate surface area is 164 Å². The Hall–Kier alpha value is -2.74. The normalized spacial score (nSPS) is 18.0. The maximum atomic E-state index is 13.1. The number of anilines is 2. The van der Waals surface area contributed by atoms with E-state index in [2.05, 4.69) is 4.72 Å². The number of carbonyl (C=O) groups is 1. The second kappa shape index (κ2) is 6.70. The molecule has 0 bridgehead atoms. The van der Waals surface area contributed by atoms with Crippen LogP contribution in [0.25, 0.3) is 0 Å². The largest absolute Gasteiger partial charge is 0.497 e. The number of nitrogens with one attached hydrogen (secondary N) is 1. The molecule has 0 spiro atoms. The molecule has 4 rings (SSSR count). The zero-order valence-electron chi connectivity index (χ0n) is 16.0. The molecule has 2 aliphatic heterocycles. The number of amides is 1. The number of hydrogen-bond donors (Lipinski definition) is 1. The van der Waals surface area contributed by atoms with E-state index < -0.39 is 10.0 Å². The lowest BCUT2D eigenvalue weighted by Crippen LogP contribution is -2.32. The highest BCUT2D eigenvalue weighted by Gasteiger charge is 2.38. The van der Waals surface area contributed by atoms with Gasteiger partial charge in [0.25, 0.3) is 10.0 Å². The van der Waals surface area contributed by atoms with Crippen LogP contribution in [0.3, 0.4) is 0 Å². The minimum atomic E-state index is -3.85. The monoisotopic (exact) mass is 402 g/mol. The second-order valence-corrected chi connectivity index (χ2v) is 8.69. The number of rotatable bonds is 5. The minimum Gasteiger partial charge on any atom is -0.497 e. The van der Waals surface area contributed by atoms with Crippen molar-refractivity contribution in [1.82, 2.24) is 0 Å². The Bertz CT molecular complexity index is 1060. The zero-order chi connectivity index (χ0) is 20.1. The van der Waals surface area contributed by atoms with E-state index in [9.17, 15) is 13.2 Å². The number of ether oxygens (including phenoxy) is 2. The summed E-state index contributed by atoms with van der Waals surface area (Å²) in [6.45, 7) is 2.52. The first kappa shape index (κ1) is 18.6. The van der Waals surface area contributed by atoms with Gasteiger partial charge in [0, 0.05) is 12.6 Å². The third-order valence-corrected chi connectivity index (χ3v) is 6.70. The summed E-state index contributed by atoms with van der Waals surface area (Å²) in [5.41, 5.74) is 2.90. The number of hydrogen-bond acceptors (Lipinski definition) is 5. The van der Waals surface area contributed by atoms with E-state index in [1.165, 1.54) is 14.2 Å². The summed E-state index contributed by atoms with van der Waals surface area (Å²) in [5.74, 6) is 0.627. The van der Waals surface area contributed by atoms with Crippen LogP contribution in [-0.4, -0.2) is 35.1 Å². The molecule has 0 saturated heterocycles. The van der Waals surface area contributed by atoms with Gasteiger partial charge in [-0.2, -0.15) is 0 Å². The molecule has 2 aromatic rings. The molecule has 1 amide bonds. The van der Waals surface area contributed by atoms with Gasteiger partial charge in [0.15, 0.2) is 0 Å². The maximum Gasteiger partial charge on any atom is 0.262 e. The zero-order valence-corrected chi connectivity index (χ0v) is 16.8. The topological polar surface area (TPSA) is 84.9 Å². The van der Waals surface area contributed by atoms with Crippen LogP contribution >= 0.6 is 0 Å². The fraction of sp³-hybridized carbons (Fsp3) is 0.350. The molecule has 0 saturated carbocycles. The number of benzene rings is 2. The van der Waals surface area contributed by atoms with E-state index in [-0.39, 0.29) is 16.7 Å². The van der Waals surface area contributed by atoms with E-state index in [1.807, 2.05) is 6.92 Å². The lowest BCUT2D eigenvalue weighted by atomic mass is 9.97. The van der Waals surface area contributed by atoms with Gasteiger partial charge in [0.05, 0.1) is 36.4 Å². The second-order valence-electron chi connectivity index (χ2n) is 7.01. The Balaban J connectivity index is 1.75. The highest BCUT2D eigenvalue weighted by molar-refractivity contribution is 7.92. The average molecular weight is 402 g/mol. The maximum absolute atomic E-state index is 13.1. The third kappa shape index (κ3) is 2.88. The van der Waals surface area contributed by atoms with Crippen molar-refractivity contribution in [3.63, 3.8) is 0 Å². The summed E-state index contributed by atoms with van der Waals surface area (Å²) in [7, 11) is -0.860. The van der Waals surface area contributed by atoms with Crippen molar-refractivity contribution in [3.05, 3.63) is 41.5 Å². The summed E-state index contributed by atoms with van der Waals surface area (Å²) in [6.07, 6.45) is 1.59. The summed E-state index contributed by atoms with van der Waals surface area (Å²) < 4.78 is 39.2. The van der Waals surface area contributed by atoms with Crippen molar-refractivity contribution in [2.45, 2.75) is 30.6 Å². The predicted octanol–water partition coefficient (Wildman–Crippen LogP) is 2.90. The van der Waals surface area contributed by atoms with Gasteiger partial charge >= 0.3 is 0 Å². The van der Waals surface area contributed by atoms with E-state index in [1.54, 1.807) is 35.2 Å². The van der Waals surface area contributed by atoms with Crippen molar-refractivity contribution in [1.29, 1.82) is 0 Å². The van der Waals surface area contributed by atoms with Crippen molar-refractivity contribution >= 4 is 27.3 Å². The highest BCUT2D eigenvalue weighted by atomic mass is 32.2. The van der Waals surface area contributed by atoms with E-state index >= 15 is 0 Å². The van der Waals surface area contributed by atoms with Gasteiger partial charge in [-0.1, -0.05) is 0 Å². The SMILES string of the molecule is COc1ccc(NS(=O)(=O)c2cc3c4c(c2)[C@H](C)C(=O)N4CCC3)c(OC)c1. The van der Waals surface area contributed by atoms with Crippen LogP contribution in [0.1, 0.15) is 30.4 Å². The summed E-state index contributed by atoms with van der Waals surface area (Å²) in [6, 6.07) is 8.16. The van der Waals surface area contributed by atoms with Gasteiger partial charge in [-0.15, -0.1) is 0 Å². The van der Waals surface area contributed by atoms with Gasteiger partial charge in [0.1, 0.15) is 11.5 Å². The Morgan fingerprint density at radius 3 is 2.64 bits per heavy atom. The molecule has 1 atom stereocenters. The summed E-state index contributed by atoms with van der Waals surface area (Å²) >= 11 is 0. The molecule has 7 nitrogen and oxygen atoms in total. The molecule has 2 aromatic carbocycles. The van der Waals surface area contributed by atoms with Gasteiger partial charge in [0.2, 0.25) is 5.91 Å². The van der Waals surface area contributed by atoms with Crippen molar-refractivity contribution in [2.75, 3.05) is 30.4 Å². The fourth-order valence-corrected chi connectivity index (χ4v) is 5.06. The smallest absolute Gasteiger partial charge is 0.262 e. The van der Waals surface area contributed by atoms with Crippen LogP contribution in [0.4, 0.5) is 11.4 Å². The van der Waals surface area contributed by atoms with Crippen LogP contribution in [0.2, 0.25) is 0 Å². The van der Waals surface area contributed by atoms with Crippen molar-refractivity contribution < 1.29 is 22.7 Å². The molecule has 0 unspecified atom stereocenters. The molecule has 8 heteroatoms. The molecule has 2 heterocycles. The van der Waals surface area contributed by atoms with Crippen LogP contribution < -0.4 is 19.1 Å². The number of methoxy groups -OCH3 is 2. The number of carbonyl (C=O) groups excluding carboxylic acids is 1. The van der Waals surface area contributed by atoms with Crippen molar-refractivity contribution in [2.24, 2.45) is 0 Å². The van der Waals surface area contributed by atoms with Gasteiger partial charge in [-0.25, -0.2) is 8.42 Å². The average Bonchev–Trinajstić information content (AvgIpc) is 2.94. The van der Waals surface area contributed by atoms with E-state index in [0.29, 0.717) is 23.7 Å². The van der Waals surface area contributed by atoms with Gasteiger partial charge in [-0.3, -0.25) is 9.52 Å². The third-order valence-electron chi connectivity index (χ3n) is 5.36. The Kier molecular flexibility index (Phi) is 4.45. The summed E-state index contributed by atoms with van der Waals surface area (Å²) in [5, 5.41) is 0. The molecular formula is C20H22N2O5S. The van der Waals surface area contributed by atoms with Crippen molar-refractivity contribution in [3.8, 4) is 11.5 Å². The highest BCUT2D eigenvalue weighted by Crippen LogP contribution is 2.44. The number of aryl methyl sites for hydroxylation is 1. The minimum absolute atomic E-state index is 0.0373. The van der Waals surface area contributed by atoms with E-state index in [4.69, 9.17) is 9.47 Å². The predicted molar refractivity (Wildman–Crippen MR) is 106 cm³/mol. The van der Waals surface area contributed by atoms with Crippen LogP contribution in [0.5, 0.6) is 11.5 Å². The molecule has 0 aromatic heterocycles. The molecule has 2 aliphatic rings. The molecule has 148 valence electrons. The lowest BCUT2D eigenvalue weighted by Gasteiger charge is -2.26. The van der Waals surface area contributed by atoms with Gasteiger partial charge in [-0.05, 0) is 55.2 Å². The van der Waals surface area contributed by atoms with E-state index in [0.717, 1.165) is 29.7 Å². The molecule has 1 N–H and O–H groups in total. The van der Waals surface area contributed by atoms with Crippen LogP contribution in [0, 0.1) is 0 Å². The summed E-state index contributed by atoms with van der Waals surface area (Å²) in [4.78, 5) is 14.4. The molecule has 28 heavy (non-hydrogen) atoms. The first-order valence-electron chi connectivity index (χ1n) is 9.08. The van der Waals surface area contributed by atoms with Crippen LogP contribution in [0.15, 0.2) is 35.2 Å². The molecule has 0 aliphatic carbocycles. The quantitative estimate of drug-likeness (QED) is 0.831. The number of sulfonamides is 1. The first-order valence-corrected chi connectivity index (χ1v) is 10.6. The molecule has 0 radical (unpaired) electrons. The standard InChI is InChI=1S/C20H22N2O5S/c1-12-16-11-15(9-13-5-4-8-22(19(13)16)20(12)23)28(24,25)21-17-7-6-14(26-2)10-18(17)27-3/h6-7,9-12,21H,4-5,8H2,1-3H3/t12-/m0/s1. The fourth-order valence-electron chi connectivity index (χ4n) is 3.91. The number of nitrogens with zero attached hydrogens (tertiary/aromatic N) is 1. The Morgan fingerprint density at radius 1 is 1.14 bits per heavy atom. The Morgan fingerprint density at radius 2 is 1.93 bits per heavy atom. The molecule has 0 fully saturated rings. The van der Waals surface area contributed by atoms with Crippen LogP contribution in [-0.2, 0) is 21.2 Å². The van der Waals surface area contributed by atoms with Gasteiger partial charge < -0.3 is 14.4 Å². The lowest BCUT2D eigenvalue weighted by molar-refractivity contribution is -0.119.